The van der Waals surface area contributed by atoms with Gasteiger partial charge in [-0.15, -0.1) is 0 Å². The van der Waals surface area contributed by atoms with Gasteiger partial charge in [0.15, 0.2) is 0 Å². The molecule has 0 fully saturated rings. The molecule has 4 nitrogen and oxygen atoms in total. The Morgan fingerprint density at radius 2 is 0.966 bits per heavy atom. The van der Waals surface area contributed by atoms with E-state index in [2.05, 4.69) is 24.3 Å². The van der Waals surface area contributed by atoms with E-state index in [9.17, 15) is 19.8 Å². The summed E-state index contributed by atoms with van der Waals surface area (Å²) in [6.07, 6.45) is 1.56. The van der Waals surface area contributed by atoms with Crippen LogP contribution in [0.15, 0.2) is 48.5 Å². The predicted molar refractivity (Wildman–Crippen MR) is 113 cm³/mol. The van der Waals surface area contributed by atoms with E-state index in [1.165, 1.54) is 22.3 Å². The van der Waals surface area contributed by atoms with Crippen LogP contribution >= 0.6 is 0 Å². The van der Waals surface area contributed by atoms with Gasteiger partial charge in [-0.2, -0.15) is 0 Å². The average Bonchev–Trinajstić information content (AvgIpc) is 2.65. The first-order chi connectivity index (χ1) is 13.2. The van der Waals surface area contributed by atoms with Gasteiger partial charge in [-0.05, 0) is 62.5 Å². The van der Waals surface area contributed by atoms with E-state index in [1.54, 1.807) is 0 Å². The number of hydrogen-bond donors (Lipinski definition) is 0. The van der Waals surface area contributed by atoms with Crippen LogP contribution in [0.3, 0.4) is 0 Å². The molecular weight excluding hydrogens is 392 g/mol. The molecule has 2 atom stereocenters. The second-order valence-corrected chi connectivity index (χ2v) is 7.44. The molecule has 0 aromatic heterocycles. The summed E-state index contributed by atoms with van der Waals surface area (Å²) in [4.78, 5) is 20.6. The Hall–Kier alpha value is -1.36. The summed E-state index contributed by atoms with van der Waals surface area (Å²) in [5.74, 6) is -1.37. The summed E-state index contributed by atoms with van der Waals surface area (Å²) in [6.45, 7) is 8.15. The number of aryl methyl sites for hydroxylation is 2. The number of aliphatic carboxylic acids is 2. The molecule has 0 aliphatic heterocycles. The quantitative estimate of drug-likeness (QED) is 0.613. The molecule has 2 rings (SSSR count). The van der Waals surface area contributed by atoms with Gasteiger partial charge in [0.1, 0.15) is 0 Å². The molecule has 0 aliphatic carbocycles. The number of rotatable bonds is 8. The van der Waals surface area contributed by atoms with Gasteiger partial charge in [0.25, 0.3) is 0 Å². The number of carbonyl (C=O) groups excluding carboxylic acids is 2. The molecule has 0 bridgehead atoms. The van der Waals surface area contributed by atoms with Crippen molar-refractivity contribution in [3.05, 3.63) is 70.8 Å². The van der Waals surface area contributed by atoms with E-state index in [0.29, 0.717) is 12.8 Å². The summed E-state index contributed by atoms with van der Waals surface area (Å²) < 4.78 is 0. The van der Waals surface area contributed by atoms with E-state index in [4.69, 9.17) is 0 Å². The molecule has 2 aromatic carbocycles. The fourth-order valence-electron chi connectivity index (χ4n) is 2.79. The Morgan fingerprint density at radius 3 is 1.21 bits per heavy atom. The van der Waals surface area contributed by atoms with Crippen molar-refractivity contribution in [1.82, 2.24) is 0 Å². The number of carboxylic acid groups (broad SMARTS) is 2. The van der Waals surface area contributed by atoms with Crippen LogP contribution in [0.1, 0.15) is 73.6 Å². The van der Waals surface area contributed by atoms with Crippen LogP contribution in [0.2, 0.25) is 0 Å². The van der Waals surface area contributed by atoms with Gasteiger partial charge in [0.05, 0.1) is 0 Å². The van der Waals surface area contributed by atoms with Gasteiger partial charge in [-0.1, -0.05) is 73.5 Å². The summed E-state index contributed by atoms with van der Waals surface area (Å²) in [6, 6.07) is 16.4. The monoisotopic (exact) mass is 422 g/mol. The van der Waals surface area contributed by atoms with E-state index in [0.717, 1.165) is 0 Å². The van der Waals surface area contributed by atoms with Crippen molar-refractivity contribution in [2.75, 3.05) is 0 Å². The Labute approximate surface area is 204 Å². The van der Waals surface area contributed by atoms with Crippen LogP contribution in [0.25, 0.3) is 0 Å². The van der Waals surface area contributed by atoms with Gasteiger partial charge in [-0.25, -0.2) is 0 Å². The average molecular weight is 423 g/mol. The second kappa shape index (κ2) is 14.6. The zero-order valence-electron chi connectivity index (χ0n) is 17.9. The summed E-state index contributed by atoms with van der Waals surface area (Å²) in [5.41, 5.74) is 4.83. The maximum atomic E-state index is 10.3. The fourth-order valence-corrected chi connectivity index (χ4v) is 2.79. The molecule has 152 valence electrons. The van der Waals surface area contributed by atoms with E-state index < -0.39 is 11.9 Å². The summed E-state index contributed by atoms with van der Waals surface area (Å²) >= 11 is 0. The third kappa shape index (κ3) is 12.0. The topological polar surface area (TPSA) is 80.3 Å². The Kier molecular flexibility index (Phi) is 13.9. The normalized spacial score (nSPS) is 12.0. The largest absolute Gasteiger partial charge is 2.00 e. The zero-order chi connectivity index (χ0) is 21.1. The van der Waals surface area contributed by atoms with Gasteiger partial charge in [-0.3, -0.25) is 0 Å². The van der Waals surface area contributed by atoms with Crippen LogP contribution in [-0.2, 0) is 9.59 Å². The van der Waals surface area contributed by atoms with E-state index in [-0.39, 0.29) is 62.4 Å². The fraction of sp³-hybridized carbons (Fsp3) is 0.417. The van der Waals surface area contributed by atoms with Crippen LogP contribution < -0.4 is 10.2 Å². The molecule has 0 heterocycles. The molecular formula is C24H30CaO4. The SMILES string of the molecule is Cc1ccc(C(C)CCC(=O)[O-])cc1.Cc1ccc(C(C)CCC(=O)[O-])cc1.[Ca+2]. The van der Waals surface area contributed by atoms with Gasteiger partial charge >= 0.3 is 37.7 Å². The number of carbonyl (C=O) groups is 2. The minimum Gasteiger partial charge on any atom is -0.550 e. The first-order valence-corrected chi connectivity index (χ1v) is 9.71. The first kappa shape index (κ1) is 27.6. The molecule has 29 heavy (non-hydrogen) atoms. The molecule has 2 aromatic rings. The molecule has 0 aliphatic rings. The third-order valence-electron chi connectivity index (χ3n) is 4.86. The van der Waals surface area contributed by atoms with Crippen molar-refractivity contribution in [3.63, 3.8) is 0 Å². The van der Waals surface area contributed by atoms with Crippen molar-refractivity contribution in [1.29, 1.82) is 0 Å². The van der Waals surface area contributed by atoms with Crippen LogP contribution in [0.5, 0.6) is 0 Å². The van der Waals surface area contributed by atoms with Crippen LogP contribution in [0.4, 0.5) is 0 Å². The Morgan fingerprint density at radius 1 is 0.690 bits per heavy atom. The Balaban J connectivity index is 0.000000523. The smallest absolute Gasteiger partial charge is 0.550 e. The second-order valence-electron chi connectivity index (χ2n) is 7.44. The number of benzene rings is 2. The summed E-state index contributed by atoms with van der Waals surface area (Å²) in [7, 11) is 0. The van der Waals surface area contributed by atoms with Crippen molar-refractivity contribution in [2.24, 2.45) is 0 Å². The molecule has 0 saturated carbocycles. The predicted octanol–water partition coefficient (Wildman–Crippen LogP) is 2.88. The number of carboxylic acids is 2. The van der Waals surface area contributed by atoms with Crippen molar-refractivity contribution < 1.29 is 19.8 Å². The minimum absolute atomic E-state index is 0. The molecule has 2 unspecified atom stereocenters. The van der Waals surface area contributed by atoms with Crippen molar-refractivity contribution in [2.45, 2.75) is 65.2 Å². The Bertz CT molecular complexity index is 673. The molecule has 0 N–H and O–H groups in total. The van der Waals surface area contributed by atoms with Crippen LogP contribution in [0, 0.1) is 13.8 Å². The zero-order valence-corrected chi connectivity index (χ0v) is 20.2. The molecule has 0 radical (unpaired) electrons. The molecule has 0 spiro atoms. The van der Waals surface area contributed by atoms with E-state index >= 15 is 0 Å². The van der Waals surface area contributed by atoms with Gasteiger partial charge < -0.3 is 19.8 Å². The first-order valence-electron chi connectivity index (χ1n) is 9.71. The third-order valence-corrected chi connectivity index (χ3v) is 4.86. The van der Waals surface area contributed by atoms with Crippen molar-refractivity contribution >= 4 is 49.7 Å². The molecule has 0 saturated heterocycles. The van der Waals surface area contributed by atoms with E-state index in [1.807, 2.05) is 52.0 Å². The summed E-state index contributed by atoms with van der Waals surface area (Å²) in [5, 5.41) is 20.6. The van der Waals surface area contributed by atoms with Gasteiger partial charge in [0.2, 0.25) is 0 Å². The standard InChI is InChI=1S/2C12H16O2.Ca/c2*1-9-3-6-11(7-4-9)10(2)5-8-12(13)14;/h2*3-4,6-7,10H,5,8H2,1-2H3,(H,13,14);/q;;+2/p-2. The van der Waals surface area contributed by atoms with Crippen molar-refractivity contribution in [3.8, 4) is 0 Å². The minimum atomic E-state index is -0.969. The molecule has 0 amide bonds. The maximum absolute atomic E-state index is 10.3. The molecule has 5 heteroatoms. The number of hydrogen-bond acceptors (Lipinski definition) is 4. The van der Waals surface area contributed by atoms with Gasteiger partial charge in [0, 0.05) is 11.9 Å². The van der Waals surface area contributed by atoms with Crippen LogP contribution in [-0.4, -0.2) is 49.7 Å². The maximum Gasteiger partial charge on any atom is 2.00 e.